The zero-order valence-corrected chi connectivity index (χ0v) is 14.1. The van der Waals surface area contributed by atoms with Gasteiger partial charge in [-0.15, -0.1) is 0 Å². The van der Waals surface area contributed by atoms with Gasteiger partial charge in [-0.1, -0.05) is 40.0 Å². The van der Waals surface area contributed by atoms with E-state index in [1.54, 1.807) is 0 Å². The fraction of sp³-hybridized carbons (Fsp3) is 1.00. The molecule has 0 spiro atoms. The van der Waals surface area contributed by atoms with E-state index in [-0.39, 0.29) is 0 Å². The Bertz CT molecular complexity index is 279. The summed E-state index contributed by atoms with van der Waals surface area (Å²) in [5.74, 6) is 0.923. The van der Waals surface area contributed by atoms with Gasteiger partial charge in [0.2, 0.25) is 0 Å². The van der Waals surface area contributed by atoms with Gasteiger partial charge in [-0.3, -0.25) is 4.90 Å². The fourth-order valence-corrected chi connectivity index (χ4v) is 4.68. The van der Waals surface area contributed by atoms with Gasteiger partial charge in [-0.2, -0.15) is 0 Å². The zero-order valence-electron chi connectivity index (χ0n) is 14.1. The van der Waals surface area contributed by atoms with Crippen LogP contribution in [0.3, 0.4) is 0 Å². The number of piperidine rings is 1. The topological polar surface area (TPSA) is 15.3 Å². The van der Waals surface area contributed by atoms with Crippen LogP contribution < -0.4 is 5.32 Å². The lowest BCUT2D eigenvalue weighted by Gasteiger charge is -2.47. The average Bonchev–Trinajstić information content (AvgIpc) is 2.46. The molecule has 20 heavy (non-hydrogen) atoms. The maximum atomic E-state index is 3.68. The number of nitrogens with one attached hydrogen (secondary N) is 1. The Balaban J connectivity index is 2.01. The summed E-state index contributed by atoms with van der Waals surface area (Å²) in [7, 11) is 0. The maximum Gasteiger partial charge on any atom is 0.00928 e. The van der Waals surface area contributed by atoms with E-state index < -0.39 is 0 Å². The van der Waals surface area contributed by atoms with Gasteiger partial charge in [0, 0.05) is 19.1 Å². The van der Waals surface area contributed by atoms with Gasteiger partial charge >= 0.3 is 0 Å². The third-order valence-electron chi connectivity index (χ3n) is 5.69. The van der Waals surface area contributed by atoms with Crippen LogP contribution in [0.1, 0.15) is 72.1 Å². The van der Waals surface area contributed by atoms with E-state index in [9.17, 15) is 0 Å². The normalized spacial score (nSPS) is 36.1. The first kappa shape index (κ1) is 16.3. The van der Waals surface area contributed by atoms with E-state index in [1.165, 1.54) is 71.0 Å². The van der Waals surface area contributed by atoms with E-state index >= 15 is 0 Å². The number of nitrogens with zero attached hydrogens (tertiary/aromatic N) is 1. The maximum absolute atomic E-state index is 3.68. The van der Waals surface area contributed by atoms with Gasteiger partial charge in [0.15, 0.2) is 0 Å². The molecule has 1 heterocycles. The van der Waals surface area contributed by atoms with Crippen LogP contribution in [-0.2, 0) is 0 Å². The molecule has 2 fully saturated rings. The molecule has 2 heteroatoms. The van der Waals surface area contributed by atoms with Crippen LogP contribution in [0.2, 0.25) is 0 Å². The van der Waals surface area contributed by atoms with Gasteiger partial charge in [0.05, 0.1) is 0 Å². The van der Waals surface area contributed by atoms with Crippen molar-refractivity contribution in [2.24, 2.45) is 11.3 Å². The van der Waals surface area contributed by atoms with Crippen molar-refractivity contribution in [3.63, 3.8) is 0 Å². The van der Waals surface area contributed by atoms with Crippen molar-refractivity contribution < 1.29 is 0 Å². The summed E-state index contributed by atoms with van der Waals surface area (Å²) in [6.45, 7) is 12.1. The average molecular weight is 280 g/mol. The number of hydrogen-bond donors (Lipinski definition) is 1. The molecular formula is C18H36N2. The highest BCUT2D eigenvalue weighted by atomic mass is 15.2. The lowest BCUT2D eigenvalue weighted by atomic mass is 9.69. The van der Waals surface area contributed by atoms with Crippen LogP contribution in [0.5, 0.6) is 0 Å². The summed E-state index contributed by atoms with van der Waals surface area (Å²) in [5.41, 5.74) is 0.554. The first-order valence-electron chi connectivity index (χ1n) is 9.14. The summed E-state index contributed by atoms with van der Waals surface area (Å²) < 4.78 is 0. The predicted molar refractivity (Wildman–Crippen MR) is 88.1 cm³/mol. The van der Waals surface area contributed by atoms with E-state index in [0.29, 0.717) is 5.41 Å². The van der Waals surface area contributed by atoms with E-state index in [2.05, 4.69) is 31.0 Å². The molecule has 1 N–H and O–H groups in total. The fourth-order valence-electron chi connectivity index (χ4n) is 4.68. The molecular weight excluding hydrogens is 244 g/mol. The molecule has 0 aromatic heterocycles. The Morgan fingerprint density at radius 1 is 1.15 bits per heavy atom. The monoisotopic (exact) mass is 280 g/mol. The summed E-state index contributed by atoms with van der Waals surface area (Å²) in [5, 5.41) is 3.68. The highest BCUT2D eigenvalue weighted by molar-refractivity contribution is 4.92. The smallest absolute Gasteiger partial charge is 0.00928 e. The van der Waals surface area contributed by atoms with Crippen molar-refractivity contribution in [1.29, 1.82) is 0 Å². The van der Waals surface area contributed by atoms with Crippen LogP contribution >= 0.6 is 0 Å². The van der Waals surface area contributed by atoms with Crippen LogP contribution in [0.25, 0.3) is 0 Å². The van der Waals surface area contributed by atoms with Crippen molar-refractivity contribution >= 4 is 0 Å². The summed E-state index contributed by atoms with van der Waals surface area (Å²) in [6.07, 6.45) is 11.4. The third kappa shape index (κ3) is 4.21. The molecule has 2 nitrogen and oxygen atoms in total. The molecule has 0 aromatic carbocycles. The second kappa shape index (κ2) is 7.79. The van der Waals surface area contributed by atoms with Crippen LogP contribution in [0, 0.1) is 11.3 Å². The Morgan fingerprint density at radius 2 is 2.00 bits per heavy atom. The molecule has 0 radical (unpaired) electrons. The summed E-state index contributed by atoms with van der Waals surface area (Å²) in [6, 6.07) is 0.861. The quantitative estimate of drug-likeness (QED) is 0.789. The minimum absolute atomic E-state index is 0.554. The van der Waals surface area contributed by atoms with Crippen molar-refractivity contribution in [2.45, 2.75) is 78.2 Å². The molecule has 3 atom stereocenters. The molecule has 3 unspecified atom stereocenters. The van der Waals surface area contributed by atoms with Gasteiger partial charge in [-0.05, 0) is 56.5 Å². The molecule has 0 bridgehead atoms. The highest BCUT2D eigenvalue weighted by Crippen LogP contribution is 2.40. The summed E-state index contributed by atoms with van der Waals surface area (Å²) >= 11 is 0. The lowest BCUT2D eigenvalue weighted by molar-refractivity contribution is 0.0405. The Morgan fingerprint density at radius 3 is 2.70 bits per heavy atom. The highest BCUT2D eigenvalue weighted by Gasteiger charge is 2.37. The molecule has 1 saturated carbocycles. The van der Waals surface area contributed by atoms with E-state index in [0.717, 1.165) is 18.5 Å². The zero-order chi connectivity index (χ0) is 14.4. The molecule has 1 saturated heterocycles. The van der Waals surface area contributed by atoms with E-state index in [1.807, 2.05) is 0 Å². The molecule has 0 amide bonds. The standard InChI is InChI=1S/C18H36N2/c1-4-17-10-6-7-12-20(17)15-18(14-19-5-2)11-8-9-16(3)13-18/h16-17,19H,4-15H2,1-3H3. The molecule has 2 aliphatic rings. The van der Waals surface area contributed by atoms with Crippen LogP contribution in [0.4, 0.5) is 0 Å². The molecule has 1 aliphatic carbocycles. The van der Waals surface area contributed by atoms with Crippen molar-refractivity contribution in [3.05, 3.63) is 0 Å². The van der Waals surface area contributed by atoms with E-state index in [4.69, 9.17) is 0 Å². The lowest BCUT2D eigenvalue weighted by Crippen LogP contribution is -2.50. The Kier molecular flexibility index (Phi) is 6.35. The van der Waals surface area contributed by atoms with Crippen molar-refractivity contribution in [2.75, 3.05) is 26.2 Å². The number of hydrogen-bond acceptors (Lipinski definition) is 2. The van der Waals surface area contributed by atoms with Gasteiger partial charge in [-0.25, -0.2) is 0 Å². The van der Waals surface area contributed by atoms with Gasteiger partial charge < -0.3 is 5.32 Å². The van der Waals surface area contributed by atoms with Gasteiger partial charge in [0.25, 0.3) is 0 Å². The van der Waals surface area contributed by atoms with Gasteiger partial charge in [0.1, 0.15) is 0 Å². The second-order valence-corrected chi connectivity index (χ2v) is 7.51. The molecule has 2 rings (SSSR count). The largest absolute Gasteiger partial charge is 0.316 e. The molecule has 118 valence electrons. The minimum Gasteiger partial charge on any atom is -0.316 e. The van der Waals surface area contributed by atoms with Crippen LogP contribution in [0.15, 0.2) is 0 Å². The Hall–Kier alpha value is -0.0800. The minimum atomic E-state index is 0.554. The number of likely N-dealkylation sites (tertiary alicyclic amines) is 1. The van der Waals surface area contributed by atoms with Crippen molar-refractivity contribution in [3.8, 4) is 0 Å². The van der Waals surface area contributed by atoms with Crippen molar-refractivity contribution in [1.82, 2.24) is 10.2 Å². The first-order valence-corrected chi connectivity index (χ1v) is 9.14. The predicted octanol–water partition coefficient (Wildman–Crippen LogP) is 4.06. The second-order valence-electron chi connectivity index (χ2n) is 7.51. The molecule has 0 aromatic rings. The third-order valence-corrected chi connectivity index (χ3v) is 5.69. The molecule has 1 aliphatic heterocycles. The SMILES string of the molecule is CCNCC1(CN2CCCCC2CC)CCCC(C)C1. The van der Waals surface area contributed by atoms with Crippen LogP contribution in [-0.4, -0.2) is 37.1 Å². The Labute approximate surface area is 126 Å². The first-order chi connectivity index (χ1) is 9.69. The summed E-state index contributed by atoms with van der Waals surface area (Å²) in [4.78, 5) is 2.85. The number of rotatable bonds is 6.